The van der Waals surface area contributed by atoms with E-state index in [9.17, 15) is 0 Å². The Bertz CT molecular complexity index is 532. The van der Waals surface area contributed by atoms with Gasteiger partial charge >= 0.3 is 0 Å². The number of halogens is 1. The molecule has 1 aliphatic carbocycles. The number of nitrogens with zero attached hydrogens (tertiary/aromatic N) is 4. The van der Waals surface area contributed by atoms with Crippen LogP contribution in [0.25, 0.3) is 0 Å². The van der Waals surface area contributed by atoms with Crippen LogP contribution in [0.5, 0.6) is 0 Å². The molecule has 6 nitrogen and oxygen atoms in total. The van der Waals surface area contributed by atoms with E-state index in [0.29, 0.717) is 18.0 Å². The van der Waals surface area contributed by atoms with Crippen LogP contribution in [0.1, 0.15) is 25.0 Å². The van der Waals surface area contributed by atoms with E-state index >= 15 is 0 Å². The van der Waals surface area contributed by atoms with E-state index < -0.39 is 0 Å². The summed E-state index contributed by atoms with van der Waals surface area (Å²) in [5.74, 6) is 1.55. The third-order valence-corrected chi connectivity index (χ3v) is 4.16. The van der Waals surface area contributed by atoms with Gasteiger partial charge in [-0.15, -0.1) is 5.10 Å². The van der Waals surface area contributed by atoms with Gasteiger partial charge in [-0.1, -0.05) is 0 Å². The van der Waals surface area contributed by atoms with Gasteiger partial charge in [0.25, 0.3) is 0 Å². The molecule has 2 N–H and O–H groups in total. The van der Waals surface area contributed by atoms with Crippen molar-refractivity contribution in [1.82, 2.24) is 20.2 Å². The molecule has 2 heterocycles. The number of rotatable bonds is 4. The van der Waals surface area contributed by atoms with Gasteiger partial charge in [-0.3, -0.25) is 0 Å². The second-order valence-corrected chi connectivity index (χ2v) is 6.53. The van der Waals surface area contributed by atoms with Crippen molar-refractivity contribution in [3.05, 3.63) is 33.8 Å². The molecule has 1 saturated carbocycles. The first kappa shape index (κ1) is 14.4. The van der Waals surface area contributed by atoms with Gasteiger partial charge in [-0.25, -0.2) is 9.97 Å². The highest BCUT2D eigenvalue weighted by atomic mass is 127. The molecule has 110 valence electrons. The molecule has 0 aliphatic heterocycles. The lowest BCUT2D eigenvalue weighted by atomic mass is 10.2. The molecule has 2 aromatic rings. The van der Waals surface area contributed by atoms with Crippen LogP contribution < -0.4 is 10.6 Å². The van der Waals surface area contributed by atoms with Crippen LogP contribution in [0.15, 0.2) is 24.5 Å². The molecule has 0 radical (unpaired) electrons. The molecule has 2 aromatic heterocycles. The van der Waals surface area contributed by atoms with Crippen LogP contribution in [0.3, 0.4) is 0 Å². The average Bonchev–Trinajstić information content (AvgIpc) is 2.91. The number of aromatic nitrogens is 4. The van der Waals surface area contributed by atoms with Gasteiger partial charge < -0.3 is 10.6 Å². The summed E-state index contributed by atoms with van der Waals surface area (Å²) < 4.78 is 1.15. The fourth-order valence-corrected chi connectivity index (χ4v) is 2.81. The molecule has 0 saturated heterocycles. The van der Waals surface area contributed by atoms with Gasteiger partial charge in [0.1, 0.15) is 5.82 Å². The molecule has 21 heavy (non-hydrogen) atoms. The van der Waals surface area contributed by atoms with Gasteiger partial charge in [-0.05, 0) is 60.9 Å². The molecule has 1 fully saturated rings. The van der Waals surface area contributed by atoms with Gasteiger partial charge in [0.05, 0.1) is 11.9 Å². The minimum absolute atomic E-state index is 0.385. The zero-order valence-electron chi connectivity index (χ0n) is 11.8. The van der Waals surface area contributed by atoms with Crippen molar-refractivity contribution in [2.45, 2.75) is 38.3 Å². The maximum Gasteiger partial charge on any atom is 0.242 e. The predicted octanol–water partition coefficient (Wildman–Crippen LogP) is 2.62. The van der Waals surface area contributed by atoms with E-state index in [-0.39, 0.29) is 0 Å². The molecule has 0 amide bonds. The average molecular weight is 396 g/mol. The fourth-order valence-electron chi connectivity index (χ4n) is 2.50. The van der Waals surface area contributed by atoms with Crippen LogP contribution in [-0.4, -0.2) is 32.2 Å². The minimum atomic E-state index is 0.385. The summed E-state index contributed by atoms with van der Waals surface area (Å²) in [7, 11) is 0. The Balaban J connectivity index is 1.53. The van der Waals surface area contributed by atoms with Gasteiger partial charge in [-0.2, -0.15) is 5.10 Å². The van der Waals surface area contributed by atoms with Gasteiger partial charge in [0.2, 0.25) is 5.95 Å². The van der Waals surface area contributed by atoms with Crippen LogP contribution >= 0.6 is 22.6 Å². The highest BCUT2D eigenvalue weighted by molar-refractivity contribution is 14.1. The zero-order valence-corrected chi connectivity index (χ0v) is 13.9. The number of nitrogens with one attached hydrogen (secondary N) is 2. The third-order valence-electron chi connectivity index (χ3n) is 3.52. The summed E-state index contributed by atoms with van der Waals surface area (Å²) in [4.78, 5) is 8.63. The number of hydrogen-bond donors (Lipinski definition) is 2. The van der Waals surface area contributed by atoms with Gasteiger partial charge in [0.15, 0.2) is 0 Å². The number of anilines is 2. The Morgan fingerprint density at radius 2 is 1.86 bits per heavy atom. The van der Waals surface area contributed by atoms with Crippen molar-refractivity contribution in [1.29, 1.82) is 0 Å². The standard InChI is InChI=1S/C14H17IN6/c1-9-7-17-14(21-20-9)19-12-4-3-11(6-12)18-13-5-2-10(15)8-16-13/h2,5,7-8,11-12H,3-4,6H2,1H3,(H,16,18)(H,17,19,21)/t11-,12-/m0/s1. The summed E-state index contributed by atoms with van der Waals surface area (Å²) >= 11 is 2.26. The largest absolute Gasteiger partial charge is 0.367 e. The molecule has 0 unspecified atom stereocenters. The van der Waals surface area contributed by atoms with E-state index in [0.717, 1.165) is 34.3 Å². The predicted molar refractivity (Wildman–Crippen MR) is 90.2 cm³/mol. The first-order chi connectivity index (χ1) is 10.2. The fraction of sp³-hybridized carbons (Fsp3) is 0.429. The van der Waals surface area contributed by atoms with E-state index in [2.05, 4.69) is 59.5 Å². The molecule has 2 atom stereocenters. The maximum atomic E-state index is 4.39. The number of pyridine rings is 1. The monoisotopic (exact) mass is 396 g/mol. The summed E-state index contributed by atoms with van der Waals surface area (Å²) in [6.45, 7) is 1.88. The highest BCUT2D eigenvalue weighted by Crippen LogP contribution is 2.24. The summed E-state index contributed by atoms with van der Waals surface area (Å²) in [5.41, 5.74) is 0.830. The highest BCUT2D eigenvalue weighted by Gasteiger charge is 2.25. The summed E-state index contributed by atoms with van der Waals surface area (Å²) in [5, 5.41) is 14.9. The van der Waals surface area contributed by atoms with Crippen molar-refractivity contribution in [2.24, 2.45) is 0 Å². The Labute approximate surface area is 137 Å². The SMILES string of the molecule is Cc1cnc(N[C@H]2CC[C@H](Nc3ccc(I)cn3)C2)nn1. The topological polar surface area (TPSA) is 75.6 Å². The lowest BCUT2D eigenvalue weighted by Crippen LogP contribution is -2.22. The van der Waals surface area contributed by atoms with Crippen LogP contribution in [0, 0.1) is 10.5 Å². The smallest absolute Gasteiger partial charge is 0.242 e. The summed E-state index contributed by atoms with van der Waals surface area (Å²) in [6, 6.07) is 4.91. The minimum Gasteiger partial charge on any atom is -0.367 e. The molecule has 0 spiro atoms. The molecule has 0 aromatic carbocycles. The Morgan fingerprint density at radius 1 is 1.05 bits per heavy atom. The number of aryl methyl sites for hydroxylation is 1. The van der Waals surface area contributed by atoms with E-state index in [1.807, 2.05) is 19.2 Å². The van der Waals surface area contributed by atoms with Crippen LogP contribution in [0.2, 0.25) is 0 Å². The molecule has 7 heteroatoms. The molecule has 0 bridgehead atoms. The first-order valence-corrected chi connectivity index (χ1v) is 8.08. The summed E-state index contributed by atoms with van der Waals surface area (Å²) in [6.07, 6.45) is 6.85. The molecular formula is C14H17IN6. The Kier molecular flexibility index (Phi) is 4.47. The Hall–Kier alpha value is -1.51. The van der Waals surface area contributed by atoms with E-state index in [1.165, 1.54) is 0 Å². The van der Waals surface area contributed by atoms with Crippen molar-refractivity contribution < 1.29 is 0 Å². The van der Waals surface area contributed by atoms with E-state index in [1.54, 1.807) is 6.20 Å². The lowest BCUT2D eigenvalue weighted by Gasteiger charge is -2.14. The van der Waals surface area contributed by atoms with Crippen LogP contribution in [0.4, 0.5) is 11.8 Å². The van der Waals surface area contributed by atoms with Crippen LogP contribution in [-0.2, 0) is 0 Å². The third kappa shape index (κ3) is 3.99. The van der Waals surface area contributed by atoms with Crippen molar-refractivity contribution in [2.75, 3.05) is 10.6 Å². The van der Waals surface area contributed by atoms with Gasteiger partial charge in [0, 0.05) is 21.9 Å². The molecular weight excluding hydrogens is 379 g/mol. The molecule has 1 aliphatic rings. The van der Waals surface area contributed by atoms with Crippen molar-refractivity contribution in [3.63, 3.8) is 0 Å². The second kappa shape index (κ2) is 6.50. The quantitative estimate of drug-likeness (QED) is 0.774. The van der Waals surface area contributed by atoms with Crippen molar-refractivity contribution >= 4 is 34.4 Å². The molecule has 3 rings (SSSR count). The zero-order chi connectivity index (χ0) is 14.7. The second-order valence-electron chi connectivity index (χ2n) is 5.28. The van der Waals surface area contributed by atoms with Crippen molar-refractivity contribution in [3.8, 4) is 0 Å². The first-order valence-electron chi connectivity index (χ1n) is 7.00. The normalized spacial score (nSPS) is 21.2. The van der Waals surface area contributed by atoms with E-state index in [4.69, 9.17) is 0 Å². The Morgan fingerprint density at radius 3 is 2.52 bits per heavy atom. The lowest BCUT2D eigenvalue weighted by molar-refractivity contribution is 0.712. The number of hydrogen-bond acceptors (Lipinski definition) is 6. The maximum absolute atomic E-state index is 4.39.